The Morgan fingerprint density at radius 1 is 0.610 bits per heavy atom. The largest absolute Gasteiger partial charge is 0.458 e. The number of para-hydroxylation sites is 3. The number of pyridine rings is 1. The molecule has 8 aromatic carbocycles. The maximum Gasteiger partial charge on any atom is 0.269 e. The number of nitrogens with zero attached hydrogens (tertiary/aromatic N) is 4. The lowest BCUT2D eigenvalue weighted by Crippen LogP contribution is -2.34. The van der Waals surface area contributed by atoms with Crippen molar-refractivity contribution >= 4 is 32.8 Å². The summed E-state index contributed by atoms with van der Waals surface area (Å²) in [6.07, 6.45) is -4.74. The highest BCUT2D eigenvalue weighted by molar-refractivity contribution is 6.09. The van der Waals surface area contributed by atoms with Gasteiger partial charge in [-0.05, 0) is 146 Å². The molecule has 0 saturated carbocycles. The van der Waals surface area contributed by atoms with Crippen molar-refractivity contribution in [3.8, 4) is 62.1 Å². The summed E-state index contributed by atoms with van der Waals surface area (Å²) in [6, 6.07) is 27.1. The first-order valence-corrected chi connectivity index (χ1v) is 24.9. The van der Waals surface area contributed by atoms with Crippen molar-refractivity contribution in [2.24, 2.45) is 0 Å². The molecule has 0 bridgehead atoms. The van der Waals surface area contributed by atoms with Crippen molar-refractivity contribution in [2.45, 2.75) is 117 Å². The summed E-state index contributed by atoms with van der Waals surface area (Å²) in [5.74, 6) is 0.548. The zero-order valence-corrected chi connectivity index (χ0v) is 42.9. The third kappa shape index (κ3) is 8.94. The van der Waals surface area contributed by atoms with Gasteiger partial charge in [0.05, 0.1) is 44.4 Å². The highest BCUT2D eigenvalue weighted by Crippen LogP contribution is 2.48. The molecule has 12 rings (SSSR count). The van der Waals surface area contributed by atoms with Crippen molar-refractivity contribution in [2.75, 3.05) is 0 Å². The summed E-state index contributed by atoms with van der Waals surface area (Å²) in [6.45, 7) is -11.9. The smallest absolute Gasteiger partial charge is 0.269 e. The number of hydrogen-bond donors (Lipinski definition) is 0. The second-order valence-electron chi connectivity index (χ2n) is 21.4. The maximum atomic E-state index is 10.5. The van der Waals surface area contributed by atoms with Gasteiger partial charge < -0.3 is 4.74 Å². The highest BCUT2D eigenvalue weighted by Gasteiger charge is 2.37. The molecule has 0 saturated heterocycles. The molecule has 0 fully saturated rings. The Bertz CT molecular complexity index is 5410. The lowest BCUT2D eigenvalue weighted by Gasteiger charge is -2.42. The first-order chi connectivity index (χ1) is 49.0. The predicted octanol–water partition coefficient (Wildman–Crippen LogP) is 18.6. The average Bonchev–Trinajstić information content (AvgIpc) is 0.724. The molecule has 3 heterocycles. The Kier molecular flexibility index (Phi) is 6.27. The third-order valence-corrected chi connectivity index (χ3v) is 14.0. The molecule has 0 atom stereocenters. The Balaban J connectivity index is 1.14. The monoisotopic (exact) mass is 1040 g/mol. The van der Waals surface area contributed by atoms with E-state index in [0.29, 0.717) is 33.2 Å². The Morgan fingerprint density at radius 3 is 2.03 bits per heavy atom. The third-order valence-electron chi connectivity index (χ3n) is 14.0. The van der Waals surface area contributed by atoms with Gasteiger partial charge in [0.15, 0.2) is 0 Å². The van der Waals surface area contributed by atoms with Gasteiger partial charge >= 0.3 is 0 Å². The van der Waals surface area contributed by atoms with Crippen LogP contribution in [0.15, 0.2) is 182 Å². The van der Waals surface area contributed by atoms with E-state index < -0.39 is 152 Å². The van der Waals surface area contributed by atoms with E-state index in [9.17, 15) is 9.60 Å². The Hall–Kier alpha value is -8.02. The lowest BCUT2D eigenvalue weighted by atomic mass is 9.63. The number of rotatable bonds is 8. The fourth-order valence-electron chi connectivity index (χ4n) is 10.0. The minimum absolute atomic E-state index is 0.000954. The van der Waals surface area contributed by atoms with Crippen molar-refractivity contribution in [1.82, 2.24) is 14.1 Å². The molecule has 77 heavy (non-hydrogen) atoms. The SMILES string of the molecule is [2H]c1c([2H])c([2H])c(-c2cnc(-n3c4ccccc4c4ccc(Oc5cccc(-n6[c-][n+](-c7c(-c8cc(C(C)(C)C)cc(C(C)(C)C)c8)cc(C([2H])([2H])[2H])cc7-c7c([2H])c([2H])c8c(c7[2H])C(C([2H])([2H])[2H])(C([2H])([2H])[2H])C([2H])([2H])C([2H])([2H])C8(C([2H])([2H])[2H])C([2H])([2H])[2H])c7ccccc76)c5)cc43)cc2C([2H])([2H])[2H])c([2H])c1[2H]. The van der Waals surface area contributed by atoms with E-state index in [4.69, 9.17) is 36.3 Å². The molecule has 3 aromatic heterocycles. The number of aromatic nitrogens is 4. The topological polar surface area (TPSA) is 35.9 Å². The molecule has 0 spiro atoms. The zero-order chi connectivity index (χ0) is 79.3. The standard InChI is InChI=1S/C72H70N4O/c1-46-35-58(49-29-32-61-62(40-49)72(11,12)34-33-71(61,9)10)68(59(36-46)50-38-51(69(3,4)5)41-52(39-50)70(6,7)8)75-45-74(64-27-18-19-28-65(64)75)53-23-20-24-54(42-53)77-55-30-31-57-56-25-16-17-26-63(56)76(66(57)43-55)67-37-47(2)60(44-73-67)48-21-14-13-15-22-48/h13-32,35-44H,33-34H2,1-12H3/i1D3,2D3,9D3,10D3,11D3,12D3,13D,14D,15D,21D,22D,29D,32D,33D2,34D2,40D. The molecule has 0 aliphatic heterocycles. The van der Waals surface area contributed by atoms with E-state index in [2.05, 4.69) is 11.3 Å². The molecule has 0 unspecified atom stereocenters. The van der Waals surface area contributed by atoms with Crippen LogP contribution in [0.3, 0.4) is 0 Å². The molecule has 1 aliphatic rings. The van der Waals surface area contributed by atoms with E-state index in [1.807, 2.05) is 59.7 Å². The van der Waals surface area contributed by atoms with Gasteiger partial charge in [-0.3, -0.25) is 13.7 Å². The number of imidazole rings is 1. The summed E-state index contributed by atoms with van der Waals surface area (Å²) in [4.78, 5) is 4.69. The van der Waals surface area contributed by atoms with Crippen LogP contribution in [0.25, 0.3) is 83.4 Å². The van der Waals surface area contributed by atoms with E-state index >= 15 is 0 Å². The van der Waals surface area contributed by atoms with E-state index in [1.54, 1.807) is 100 Å². The number of aryl methyl sites for hydroxylation is 2. The number of ether oxygens (including phenoxy) is 1. The summed E-state index contributed by atoms with van der Waals surface area (Å²) >= 11 is 0. The molecule has 384 valence electrons. The van der Waals surface area contributed by atoms with Gasteiger partial charge in [-0.25, -0.2) is 4.98 Å². The summed E-state index contributed by atoms with van der Waals surface area (Å²) in [5, 5.41) is 1.40. The number of benzene rings is 8. The fourth-order valence-corrected chi connectivity index (χ4v) is 10.0. The average molecular weight is 1040 g/mol. The highest BCUT2D eigenvalue weighted by atomic mass is 16.5. The molecule has 11 aromatic rings. The second kappa shape index (κ2) is 18.3. The fraction of sp³-hybridized carbons (Fsp3) is 0.250. The minimum atomic E-state index is -4.66. The maximum absolute atomic E-state index is 10.5. The molecule has 1 aliphatic carbocycles. The normalized spacial score (nSPS) is 22.3. The van der Waals surface area contributed by atoms with Gasteiger partial charge in [0.2, 0.25) is 0 Å². The van der Waals surface area contributed by atoms with Crippen LogP contribution >= 0.6 is 0 Å². The molecular weight excluding hydrogens is 937 g/mol. The molecule has 0 radical (unpaired) electrons. The molecule has 0 amide bonds. The predicted molar refractivity (Wildman–Crippen MR) is 321 cm³/mol. The van der Waals surface area contributed by atoms with Crippen LogP contribution in [0.4, 0.5) is 0 Å². The van der Waals surface area contributed by atoms with Gasteiger partial charge in [-0.15, -0.1) is 0 Å². The molecule has 0 N–H and O–H groups in total. The number of hydrogen-bond acceptors (Lipinski definition) is 2. The first-order valence-electron chi connectivity index (χ1n) is 39.9. The first kappa shape index (κ1) is 26.4. The Labute approximate surface area is 497 Å². The second-order valence-corrected chi connectivity index (χ2v) is 21.4. The lowest BCUT2D eigenvalue weighted by molar-refractivity contribution is -0.571. The van der Waals surface area contributed by atoms with E-state index in [0.717, 1.165) is 22.6 Å². The van der Waals surface area contributed by atoms with Crippen molar-refractivity contribution in [3.05, 3.63) is 222 Å². The number of fused-ring (bicyclic) bond motifs is 5. The van der Waals surface area contributed by atoms with Crippen LogP contribution in [0, 0.1) is 20.0 Å². The Morgan fingerprint density at radius 2 is 1.30 bits per heavy atom. The van der Waals surface area contributed by atoms with Crippen LogP contribution in [-0.4, -0.2) is 14.1 Å². The van der Waals surface area contributed by atoms with Gasteiger partial charge in [0.1, 0.15) is 17.3 Å². The molecule has 5 heteroatoms. The molecular formula is C72H70N4O. The van der Waals surface area contributed by atoms with Gasteiger partial charge in [-0.1, -0.05) is 202 Å². The van der Waals surface area contributed by atoms with E-state index in [-0.39, 0.29) is 50.8 Å². The van der Waals surface area contributed by atoms with Crippen LogP contribution in [-0.2, 0) is 21.7 Å². The zero-order valence-electron chi connectivity index (χ0n) is 72.9. The van der Waals surface area contributed by atoms with Crippen LogP contribution in [0.2, 0.25) is 0 Å². The quantitative estimate of drug-likeness (QED) is 0.112. The summed E-state index contributed by atoms with van der Waals surface area (Å²) < 4.78 is 284. The summed E-state index contributed by atoms with van der Waals surface area (Å²) in [5.41, 5.74) is -13.1. The summed E-state index contributed by atoms with van der Waals surface area (Å²) in [7, 11) is 0. The van der Waals surface area contributed by atoms with Crippen LogP contribution < -0.4 is 9.30 Å². The van der Waals surface area contributed by atoms with E-state index in [1.165, 1.54) is 22.9 Å². The van der Waals surface area contributed by atoms with Crippen LogP contribution in [0.5, 0.6) is 11.5 Å². The van der Waals surface area contributed by atoms with Gasteiger partial charge in [0.25, 0.3) is 6.33 Å². The molecule has 5 nitrogen and oxygen atoms in total. The van der Waals surface area contributed by atoms with Crippen molar-refractivity contribution in [3.63, 3.8) is 0 Å². The minimum Gasteiger partial charge on any atom is -0.458 e. The van der Waals surface area contributed by atoms with Crippen molar-refractivity contribution in [1.29, 1.82) is 0 Å². The van der Waals surface area contributed by atoms with Gasteiger partial charge in [-0.2, -0.15) is 0 Å². The van der Waals surface area contributed by atoms with Gasteiger partial charge in [0, 0.05) is 58.8 Å². The van der Waals surface area contributed by atoms with Crippen LogP contribution in [0.1, 0.15) is 156 Å². The van der Waals surface area contributed by atoms with Crippen molar-refractivity contribution < 1.29 is 50.4 Å².